The van der Waals surface area contributed by atoms with Gasteiger partial charge in [-0.2, -0.15) is 0 Å². The van der Waals surface area contributed by atoms with Crippen molar-refractivity contribution >= 4 is 5.91 Å². The van der Waals surface area contributed by atoms with E-state index < -0.39 is 6.10 Å². The predicted octanol–water partition coefficient (Wildman–Crippen LogP) is 0.519. The number of carbonyl (C=O) groups is 1. The molecule has 0 unspecified atom stereocenters. The van der Waals surface area contributed by atoms with E-state index in [-0.39, 0.29) is 25.0 Å². The molecule has 0 bridgehead atoms. The molecule has 1 heterocycles. The second-order valence-electron chi connectivity index (χ2n) is 5.09. The number of para-hydroxylation sites is 1. The molecule has 0 aliphatic carbocycles. The van der Waals surface area contributed by atoms with Crippen molar-refractivity contribution in [3.63, 3.8) is 0 Å². The van der Waals surface area contributed by atoms with E-state index in [0.29, 0.717) is 30.0 Å². The fraction of sp³-hybridized carbons (Fsp3) is 0.533. The first kappa shape index (κ1) is 15.6. The molecule has 1 aromatic rings. The molecule has 1 saturated heterocycles. The van der Waals surface area contributed by atoms with Crippen molar-refractivity contribution in [2.45, 2.75) is 12.5 Å². The van der Waals surface area contributed by atoms with E-state index in [9.17, 15) is 9.90 Å². The summed E-state index contributed by atoms with van der Waals surface area (Å²) in [6, 6.07) is 5.13. The van der Waals surface area contributed by atoms with Crippen LogP contribution in [0.4, 0.5) is 0 Å². The molecule has 0 aromatic heterocycles. The monoisotopic (exact) mass is 295 g/mol. The highest BCUT2D eigenvalue weighted by molar-refractivity contribution is 5.98. The Morgan fingerprint density at radius 3 is 2.71 bits per heavy atom. The van der Waals surface area contributed by atoms with E-state index in [1.165, 1.54) is 14.2 Å². The molecule has 6 nitrogen and oxygen atoms in total. The molecule has 1 aliphatic rings. The van der Waals surface area contributed by atoms with Gasteiger partial charge in [-0.15, -0.1) is 0 Å². The Morgan fingerprint density at radius 1 is 1.38 bits per heavy atom. The summed E-state index contributed by atoms with van der Waals surface area (Å²) in [7, 11) is 3.00. The van der Waals surface area contributed by atoms with Crippen LogP contribution < -0.4 is 9.47 Å². The first-order valence-corrected chi connectivity index (χ1v) is 6.91. The zero-order valence-electron chi connectivity index (χ0n) is 12.3. The normalized spacial score (nSPS) is 22.0. The van der Waals surface area contributed by atoms with Gasteiger partial charge in [0.15, 0.2) is 11.5 Å². The topological polar surface area (TPSA) is 79.2 Å². The summed E-state index contributed by atoms with van der Waals surface area (Å²) >= 11 is 0. The Balaban J connectivity index is 2.21. The van der Waals surface area contributed by atoms with Crippen LogP contribution >= 0.6 is 0 Å². The van der Waals surface area contributed by atoms with E-state index >= 15 is 0 Å². The smallest absolute Gasteiger partial charge is 0.257 e. The predicted molar refractivity (Wildman–Crippen MR) is 76.6 cm³/mol. The van der Waals surface area contributed by atoms with Crippen molar-refractivity contribution in [3.05, 3.63) is 23.8 Å². The average molecular weight is 295 g/mol. The zero-order valence-corrected chi connectivity index (χ0v) is 12.3. The Hall–Kier alpha value is -1.79. The molecule has 2 atom stereocenters. The largest absolute Gasteiger partial charge is 0.493 e. The molecule has 0 saturated carbocycles. The number of methoxy groups -OCH3 is 2. The minimum atomic E-state index is -0.704. The summed E-state index contributed by atoms with van der Waals surface area (Å²) in [6.45, 7) is 0.650. The Morgan fingerprint density at radius 2 is 2.14 bits per heavy atom. The van der Waals surface area contributed by atoms with Crippen LogP contribution in [0.2, 0.25) is 0 Å². The van der Waals surface area contributed by atoms with Gasteiger partial charge in [0.2, 0.25) is 0 Å². The van der Waals surface area contributed by atoms with Gasteiger partial charge in [0.1, 0.15) is 0 Å². The van der Waals surface area contributed by atoms with Crippen LogP contribution in [0.1, 0.15) is 16.8 Å². The standard InChI is InChI=1S/C15H21NO5/c1-20-13-5-3-4-11(14(13)21-2)15(19)16-7-6-10(9-17)12(18)8-16/h3-5,10,12,17-18H,6-9H2,1-2H3/t10-,12-/m1/s1. The molecule has 1 aromatic carbocycles. The quantitative estimate of drug-likeness (QED) is 0.846. The van der Waals surface area contributed by atoms with Crippen molar-refractivity contribution in [3.8, 4) is 11.5 Å². The molecular formula is C15H21NO5. The first-order valence-electron chi connectivity index (χ1n) is 6.91. The molecule has 1 aliphatic heterocycles. The Bertz CT molecular complexity index is 505. The number of likely N-dealkylation sites (tertiary alicyclic amines) is 1. The van der Waals surface area contributed by atoms with Gasteiger partial charge in [0.05, 0.1) is 25.9 Å². The maximum absolute atomic E-state index is 12.6. The number of ether oxygens (including phenoxy) is 2. The number of amides is 1. The highest BCUT2D eigenvalue weighted by atomic mass is 16.5. The van der Waals surface area contributed by atoms with Crippen molar-refractivity contribution in [1.29, 1.82) is 0 Å². The second kappa shape index (κ2) is 6.78. The van der Waals surface area contributed by atoms with Gasteiger partial charge in [0.25, 0.3) is 5.91 Å². The van der Waals surface area contributed by atoms with E-state index in [2.05, 4.69) is 0 Å². The molecular weight excluding hydrogens is 274 g/mol. The maximum Gasteiger partial charge on any atom is 0.257 e. The van der Waals surface area contributed by atoms with Crippen LogP contribution in [0.3, 0.4) is 0 Å². The fourth-order valence-corrected chi connectivity index (χ4v) is 2.60. The highest BCUT2D eigenvalue weighted by Crippen LogP contribution is 2.32. The summed E-state index contributed by atoms with van der Waals surface area (Å²) in [6.07, 6.45) is -0.125. The summed E-state index contributed by atoms with van der Waals surface area (Å²) in [5.74, 6) is 0.514. The van der Waals surface area contributed by atoms with Gasteiger partial charge in [-0.25, -0.2) is 0 Å². The maximum atomic E-state index is 12.6. The lowest BCUT2D eigenvalue weighted by Gasteiger charge is -2.35. The number of aliphatic hydroxyl groups excluding tert-OH is 2. The second-order valence-corrected chi connectivity index (χ2v) is 5.09. The number of piperidine rings is 1. The third-order valence-electron chi connectivity index (χ3n) is 3.88. The number of carbonyl (C=O) groups excluding carboxylic acids is 1. The summed E-state index contributed by atoms with van der Waals surface area (Å²) in [5, 5.41) is 19.1. The average Bonchev–Trinajstić information content (AvgIpc) is 2.53. The van der Waals surface area contributed by atoms with Crippen LogP contribution in [-0.4, -0.2) is 61.0 Å². The molecule has 0 spiro atoms. The molecule has 1 amide bonds. The molecule has 21 heavy (non-hydrogen) atoms. The number of hydrogen-bond donors (Lipinski definition) is 2. The molecule has 1 fully saturated rings. The molecule has 2 N–H and O–H groups in total. The lowest BCUT2D eigenvalue weighted by Crippen LogP contribution is -2.47. The van der Waals surface area contributed by atoms with E-state index in [1.54, 1.807) is 23.1 Å². The van der Waals surface area contributed by atoms with Gasteiger partial charge in [-0.1, -0.05) is 6.07 Å². The molecule has 116 valence electrons. The lowest BCUT2D eigenvalue weighted by molar-refractivity contribution is 0.000752. The Kier molecular flexibility index (Phi) is 5.03. The van der Waals surface area contributed by atoms with Crippen LogP contribution in [0, 0.1) is 5.92 Å². The van der Waals surface area contributed by atoms with Crippen molar-refractivity contribution in [1.82, 2.24) is 4.90 Å². The minimum Gasteiger partial charge on any atom is -0.493 e. The highest BCUT2D eigenvalue weighted by Gasteiger charge is 2.31. The van der Waals surface area contributed by atoms with E-state index in [4.69, 9.17) is 14.6 Å². The van der Waals surface area contributed by atoms with Crippen LogP contribution in [0.5, 0.6) is 11.5 Å². The van der Waals surface area contributed by atoms with Gasteiger partial charge < -0.3 is 24.6 Å². The van der Waals surface area contributed by atoms with Crippen molar-refractivity contribution < 1.29 is 24.5 Å². The van der Waals surface area contributed by atoms with E-state index in [1.807, 2.05) is 0 Å². The number of hydrogen-bond acceptors (Lipinski definition) is 5. The minimum absolute atomic E-state index is 0.0638. The number of aliphatic hydroxyl groups is 2. The lowest BCUT2D eigenvalue weighted by atomic mass is 9.94. The van der Waals surface area contributed by atoms with Crippen LogP contribution in [-0.2, 0) is 0 Å². The van der Waals surface area contributed by atoms with Crippen molar-refractivity contribution in [2.75, 3.05) is 33.9 Å². The van der Waals surface area contributed by atoms with Crippen molar-refractivity contribution in [2.24, 2.45) is 5.92 Å². The third-order valence-corrected chi connectivity index (χ3v) is 3.88. The molecule has 6 heteroatoms. The van der Waals surface area contributed by atoms with Gasteiger partial charge >= 0.3 is 0 Å². The van der Waals surface area contributed by atoms with Gasteiger partial charge in [0, 0.05) is 25.6 Å². The number of benzene rings is 1. The summed E-state index contributed by atoms with van der Waals surface area (Å²) in [5.41, 5.74) is 0.409. The third kappa shape index (κ3) is 3.11. The van der Waals surface area contributed by atoms with Gasteiger partial charge in [-0.05, 0) is 18.6 Å². The number of nitrogens with zero attached hydrogens (tertiary/aromatic N) is 1. The number of rotatable bonds is 4. The SMILES string of the molecule is COc1cccc(C(=O)N2CC[C@H](CO)[C@H](O)C2)c1OC. The molecule has 0 radical (unpaired) electrons. The van der Waals surface area contributed by atoms with Crippen LogP contribution in [0.25, 0.3) is 0 Å². The Labute approximate surface area is 123 Å². The summed E-state index contributed by atoms with van der Waals surface area (Å²) < 4.78 is 10.5. The van der Waals surface area contributed by atoms with Gasteiger partial charge in [-0.3, -0.25) is 4.79 Å². The fourth-order valence-electron chi connectivity index (χ4n) is 2.60. The van der Waals surface area contributed by atoms with Crippen LogP contribution in [0.15, 0.2) is 18.2 Å². The van der Waals surface area contributed by atoms with E-state index in [0.717, 1.165) is 0 Å². The molecule has 2 rings (SSSR count). The summed E-state index contributed by atoms with van der Waals surface area (Å²) in [4.78, 5) is 14.2. The zero-order chi connectivity index (χ0) is 15.4. The first-order chi connectivity index (χ1) is 10.1. The number of β-amino-alcohol motifs (C(OH)–C–C–N with tert-alkyl or cyclic N) is 1.